The van der Waals surface area contributed by atoms with E-state index in [1.54, 1.807) is 31.4 Å². The zero-order valence-corrected chi connectivity index (χ0v) is 17.2. The van der Waals surface area contributed by atoms with Crippen LogP contribution in [0.1, 0.15) is 58.6 Å². The molecule has 0 aromatic heterocycles. The lowest BCUT2D eigenvalue weighted by Crippen LogP contribution is -2.24. The summed E-state index contributed by atoms with van der Waals surface area (Å²) in [5.74, 6) is 5.64. The third kappa shape index (κ3) is 6.83. The van der Waals surface area contributed by atoms with Crippen LogP contribution in [0.15, 0.2) is 24.3 Å². The summed E-state index contributed by atoms with van der Waals surface area (Å²) in [7, 11) is 1.59. The predicted molar refractivity (Wildman–Crippen MR) is 105 cm³/mol. The van der Waals surface area contributed by atoms with Gasteiger partial charge in [0.2, 0.25) is 0 Å². The molecule has 1 saturated heterocycles. The van der Waals surface area contributed by atoms with Gasteiger partial charge in [0.05, 0.1) is 25.4 Å². The van der Waals surface area contributed by atoms with E-state index in [2.05, 4.69) is 11.8 Å². The standard InChI is InChI=1S/C22H30O6/c1-15-21(28-22(3,4)27-15)14-13-19(26-16(2)23)7-6-8-20(24)17-9-11-18(25-5)12-10-17/h9-12,15,19-21,24H,8,13-14H2,1-5H3/t15?,19?,20?,21-/m0/s1. The minimum absolute atomic E-state index is 0.0298. The highest BCUT2D eigenvalue weighted by atomic mass is 16.7. The molecule has 154 valence electrons. The van der Waals surface area contributed by atoms with Crippen molar-refractivity contribution in [1.29, 1.82) is 0 Å². The average Bonchev–Trinajstić information content (AvgIpc) is 2.90. The molecule has 6 nitrogen and oxygen atoms in total. The number of hydrogen-bond acceptors (Lipinski definition) is 6. The highest BCUT2D eigenvalue weighted by molar-refractivity contribution is 5.66. The first-order valence-corrected chi connectivity index (χ1v) is 9.53. The van der Waals surface area contributed by atoms with Crippen molar-refractivity contribution in [3.8, 4) is 17.6 Å². The smallest absolute Gasteiger partial charge is 0.303 e. The van der Waals surface area contributed by atoms with Gasteiger partial charge in [0.15, 0.2) is 11.9 Å². The molecule has 1 N–H and O–H groups in total. The first-order chi connectivity index (χ1) is 13.2. The zero-order valence-electron chi connectivity index (χ0n) is 17.2. The van der Waals surface area contributed by atoms with E-state index in [1.807, 2.05) is 20.8 Å². The molecule has 28 heavy (non-hydrogen) atoms. The molecule has 6 heteroatoms. The largest absolute Gasteiger partial charge is 0.497 e. The fourth-order valence-electron chi connectivity index (χ4n) is 3.20. The summed E-state index contributed by atoms with van der Waals surface area (Å²) in [6, 6.07) is 7.19. The summed E-state index contributed by atoms with van der Waals surface area (Å²) in [5, 5.41) is 10.3. The van der Waals surface area contributed by atoms with E-state index in [0.29, 0.717) is 12.8 Å². The Labute approximate surface area is 167 Å². The predicted octanol–water partition coefficient (Wildman–Crippen LogP) is 3.37. The van der Waals surface area contributed by atoms with Crippen LogP contribution in [0.25, 0.3) is 0 Å². The summed E-state index contributed by atoms with van der Waals surface area (Å²) in [6.07, 6.45) is 0.0931. The van der Waals surface area contributed by atoms with Crippen molar-refractivity contribution >= 4 is 5.97 Å². The van der Waals surface area contributed by atoms with Crippen molar-refractivity contribution in [2.75, 3.05) is 7.11 Å². The van der Waals surface area contributed by atoms with E-state index in [0.717, 1.165) is 11.3 Å². The minimum Gasteiger partial charge on any atom is -0.497 e. The molecule has 3 unspecified atom stereocenters. The molecule has 0 amide bonds. The molecular weight excluding hydrogens is 360 g/mol. The third-order valence-corrected chi connectivity index (χ3v) is 4.51. The molecule has 0 bridgehead atoms. The molecule has 0 aliphatic carbocycles. The summed E-state index contributed by atoms with van der Waals surface area (Å²) in [4.78, 5) is 11.4. The molecule has 1 aliphatic rings. The Kier molecular flexibility index (Phi) is 7.88. The lowest BCUT2D eigenvalue weighted by Gasteiger charge is -2.18. The number of methoxy groups -OCH3 is 1. The normalized spacial score (nSPS) is 22.6. The molecular formula is C22H30O6. The molecule has 1 aromatic carbocycles. The quantitative estimate of drug-likeness (QED) is 0.568. The van der Waals surface area contributed by atoms with Gasteiger partial charge >= 0.3 is 5.97 Å². The van der Waals surface area contributed by atoms with Crippen LogP contribution in [0.3, 0.4) is 0 Å². The van der Waals surface area contributed by atoms with Crippen LogP contribution in [-0.4, -0.2) is 42.3 Å². The summed E-state index contributed by atoms with van der Waals surface area (Å²) in [5.41, 5.74) is 0.756. The Hall–Kier alpha value is -2.07. The molecule has 0 saturated carbocycles. The van der Waals surface area contributed by atoms with Gasteiger partial charge in [-0.3, -0.25) is 4.79 Å². The van der Waals surface area contributed by atoms with Crippen molar-refractivity contribution in [2.45, 2.75) is 77.2 Å². The van der Waals surface area contributed by atoms with Gasteiger partial charge in [-0.25, -0.2) is 0 Å². The van der Waals surface area contributed by atoms with E-state index in [-0.39, 0.29) is 24.6 Å². The van der Waals surface area contributed by atoms with Crippen molar-refractivity contribution in [3.63, 3.8) is 0 Å². The van der Waals surface area contributed by atoms with Crippen LogP contribution in [0.2, 0.25) is 0 Å². The van der Waals surface area contributed by atoms with Crippen LogP contribution in [-0.2, 0) is 19.0 Å². The maximum Gasteiger partial charge on any atom is 0.303 e. The molecule has 2 rings (SSSR count). The number of benzene rings is 1. The average molecular weight is 390 g/mol. The molecule has 0 spiro atoms. The van der Waals surface area contributed by atoms with Gasteiger partial charge in [0.25, 0.3) is 0 Å². The van der Waals surface area contributed by atoms with Gasteiger partial charge in [-0.05, 0) is 51.3 Å². The van der Waals surface area contributed by atoms with Gasteiger partial charge in [0.1, 0.15) is 5.75 Å². The van der Waals surface area contributed by atoms with Crippen LogP contribution in [0, 0.1) is 11.8 Å². The topological polar surface area (TPSA) is 74.2 Å². The van der Waals surface area contributed by atoms with E-state index < -0.39 is 18.0 Å². The lowest BCUT2D eigenvalue weighted by molar-refractivity contribution is -0.148. The Morgan fingerprint density at radius 1 is 1.29 bits per heavy atom. The maximum absolute atomic E-state index is 11.4. The van der Waals surface area contributed by atoms with E-state index in [4.69, 9.17) is 18.9 Å². The van der Waals surface area contributed by atoms with E-state index in [1.165, 1.54) is 6.92 Å². The molecule has 1 fully saturated rings. The molecule has 1 heterocycles. The monoisotopic (exact) mass is 390 g/mol. The summed E-state index contributed by atoms with van der Waals surface area (Å²) < 4.78 is 22.0. The van der Waals surface area contributed by atoms with Crippen LogP contribution in [0.4, 0.5) is 0 Å². The third-order valence-electron chi connectivity index (χ3n) is 4.51. The van der Waals surface area contributed by atoms with Crippen molar-refractivity contribution < 1.29 is 28.8 Å². The first-order valence-electron chi connectivity index (χ1n) is 9.53. The Morgan fingerprint density at radius 2 is 1.96 bits per heavy atom. The number of aliphatic hydroxyl groups is 1. The van der Waals surface area contributed by atoms with Crippen LogP contribution in [0.5, 0.6) is 5.75 Å². The number of rotatable bonds is 7. The lowest BCUT2D eigenvalue weighted by atomic mass is 10.0. The maximum atomic E-state index is 11.4. The van der Waals surface area contributed by atoms with Gasteiger partial charge < -0.3 is 24.1 Å². The van der Waals surface area contributed by atoms with E-state index in [9.17, 15) is 9.90 Å². The highest BCUT2D eigenvalue weighted by Crippen LogP contribution is 2.30. The van der Waals surface area contributed by atoms with Crippen molar-refractivity contribution in [2.24, 2.45) is 0 Å². The Bertz CT molecular complexity index is 700. The van der Waals surface area contributed by atoms with Crippen molar-refractivity contribution in [3.05, 3.63) is 29.8 Å². The van der Waals surface area contributed by atoms with E-state index >= 15 is 0 Å². The van der Waals surface area contributed by atoms with Crippen molar-refractivity contribution in [1.82, 2.24) is 0 Å². The molecule has 1 aromatic rings. The summed E-state index contributed by atoms with van der Waals surface area (Å²) >= 11 is 0. The zero-order chi connectivity index (χ0) is 20.7. The Morgan fingerprint density at radius 3 is 2.50 bits per heavy atom. The first kappa shape index (κ1) is 22.2. The second kappa shape index (κ2) is 9.92. The highest BCUT2D eigenvalue weighted by Gasteiger charge is 2.38. The number of carbonyl (C=O) groups is 1. The number of aliphatic hydroxyl groups excluding tert-OH is 1. The SMILES string of the molecule is COc1ccc(C(O)CC#CC(CC[C@@H]2OC(C)(C)OC2C)OC(C)=O)cc1. The van der Waals surface area contributed by atoms with Gasteiger partial charge in [-0.15, -0.1) is 0 Å². The van der Waals surface area contributed by atoms with Crippen LogP contribution < -0.4 is 4.74 Å². The molecule has 4 atom stereocenters. The molecule has 1 aliphatic heterocycles. The van der Waals surface area contributed by atoms with Gasteiger partial charge in [-0.2, -0.15) is 0 Å². The number of ether oxygens (including phenoxy) is 4. The van der Waals surface area contributed by atoms with Gasteiger partial charge in [0, 0.05) is 13.3 Å². The van der Waals surface area contributed by atoms with Gasteiger partial charge in [-0.1, -0.05) is 24.0 Å². The van der Waals surface area contributed by atoms with Crippen LogP contribution >= 0.6 is 0 Å². The fourth-order valence-corrected chi connectivity index (χ4v) is 3.20. The minimum atomic E-state index is -0.719. The summed E-state index contributed by atoms with van der Waals surface area (Å²) in [6.45, 7) is 7.10. The molecule has 0 radical (unpaired) electrons. The number of carbonyl (C=O) groups excluding carboxylic acids is 1. The Balaban J connectivity index is 1.91. The second-order valence-corrected chi connectivity index (χ2v) is 7.37. The number of hydrogen-bond donors (Lipinski definition) is 1. The number of esters is 1. The second-order valence-electron chi connectivity index (χ2n) is 7.37. The fraction of sp³-hybridized carbons (Fsp3) is 0.591.